The third kappa shape index (κ3) is 7.55. The van der Waals surface area contributed by atoms with Gasteiger partial charge in [0, 0.05) is 31.8 Å². The second kappa shape index (κ2) is 8.84. The van der Waals surface area contributed by atoms with E-state index in [0.29, 0.717) is 37.6 Å². The van der Waals surface area contributed by atoms with Crippen LogP contribution in [0, 0.1) is 0 Å². The van der Waals surface area contributed by atoms with Crippen LogP contribution < -0.4 is 0 Å². The smallest absolute Gasteiger partial charge is 0.246 e. The maximum absolute atomic E-state index is 11.9. The lowest BCUT2D eigenvalue weighted by molar-refractivity contribution is -0.125. The van der Waals surface area contributed by atoms with Crippen LogP contribution in [-0.4, -0.2) is 71.7 Å². The van der Waals surface area contributed by atoms with Crippen molar-refractivity contribution in [3.63, 3.8) is 0 Å². The molecule has 25 heavy (non-hydrogen) atoms. The highest BCUT2D eigenvalue weighted by Crippen LogP contribution is 2.14. The van der Waals surface area contributed by atoms with E-state index in [1.54, 1.807) is 31.0 Å². The maximum atomic E-state index is 11.9. The fourth-order valence-corrected chi connectivity index (χ4v) is 2.05. The van der Waals surface area contributed by atoms with Crippen LogP contribution in [0.4, 0.5) is 0 Å². The minimum Gasteiger partial charge on any atom is -0.512 e. The van der Waals surface area contributed by atoms with Crippen molar-refractivity contribution in [3.05, 3.63) is 47.9 Å². The lowest BCUT2D eigenvalue weighted by Gasteiger charge is -2.15. The molecule has 138 valence electrons. The van der Waals surface area contributed by atoms with Crippen LogP contribution in [0.5, 0.6) is 0 Å². The van der Waals surface area contributed by atoms with Crippen molar-refractivity contribution in [3.8, 4) is 0 Å². The summed E-state index contributed by atoms with van der Waals surface area (Å²) in [6, 6.07) is 0. The Kier molecular flexibility index (Phi) is 6.81. The van der Waals surface area contributed by atoms with Crippen molar-refractivity contribution < 1.29 is 24.6 Å². The van der Waals surface area contributed by atoms with Gasteiger partial charge in [0.25, 0.3) is 0 Å². The van der Waals surface area contributed by atoms with Crippen molar-refractivity contribution in [1.29, 1.82) is 0 Å². The molecule has 0 bridgehead atoms. The zero-order valence-electron chi connectivity index (χ0n) is 14.7. The summed E-state index contributed by atoms with van der Waals surface area (Å²) in [7, 11) is 1.72. The van der Waals surface area contributed by atoms with Crippen molar-refractivity contribution in [2.24, 2.45) is 0 Å². The molecule has 0 aromatic heterocycles. The Morgan fingerprint density at radius 2 is 1.80 bits per heavy atom. The van der Waals surface area contributed by atoms with Gasteiger partial charge in [-0.3, -0.25) is 15.1 Å². The highest BCUT2D eigenvalue weighted by molar-refractivity contribution is 5.87. The quantitative estimate of drug-likeness (QED) is 0.205. The number of carbonyl (C=O) groups excluding carboxylic acids is 1. The van der Waals surface area contributed by atoms with E-state index in [0.717, 1.165) is 5.06 Å². The molecule has 2 saturated heterocycles. The van der Waals surface area contributed by atoms with Gasteiger partial charge in [0.15, 0.2) is 0 Å². The number of hydroxylamine groups is 2. The molecule has 2 atom stereocenters. The summed E-state index contributed by atoms with van der Waals surface area (Å²) in [5.74, 6) is -0.0358. The van der Waals surface area contributed by atoms with Crippen LogP contribution >= 0.6 is 0 Å². The monoisotopic (exact) mass is 350 g/mol. The topological polar surface area (TPSA) is 89.1 Å². The van der Waals surface area contributed by atoms with Crippen molar-refractivity contribution in [1.82, 2.24) is 9.96 Å². The number of epoxide rings is 2. The molecule has 2 fully saturated rings. The third-order valence-electron chi connectivity index (χ3n) is 3.83. The zero-order chi connectivity index (χ0) is 18.4. The Labute approximate surface area is 148 Å². The van der Waals surface area contributed by atoms with Crippen LogP contribution in [0.25, 0.3) is 0 Å². The van der Waals surface area contributed by atoms with Crippen LogP contribution in [0.3, 0.4) is 0 Å². The normalized spacial score (nSPS) is 22.8. The second-order valence-electron chi connectivity index (χ2n) is 6.35. The van der Waals surface area contributed by atoms with Gasteiger partial charge >= 0.3 is 0 Å². The third-order valence-corrected chi connectivity index (χ3v) is 3.83. The molecule has 2 unspecified atom stereocenters. The molecule has 2 N–H and O–H groups in total. The van der Waals surface area contributed by atoms with Crippen molar-refractivity contribution in [2.75, 3.05) is 33.4 Å². The molecule has 0 saturated carbocycles. The lowest BCUT2D eigenvalue weighted by atomic mass is 10.1. The van der Waals surface area contributed by atoms with Gasteiger partial charge in [0.1, 0.15) is 6.10 Å². The summed E-state index contributed by atoms with van der Waals surface area (Å²) < 4.78 is 10.1. The van der Waals surface area contributed by atoms with Gasteiger partial charge in [-0.2, -0.15) is 0 Å². The second-order valence-corrected chi connectivity index (χ2v) is 6.35. The molecule has 2 rings (SSSR count). The molecule has 0 aliphatic carbocycles. The number of hydrogen-bond acceptors (Lipinski definition) is 6. The first kappa shape index (κ1) is 19.2. The Hall–Kier alpha value is -2.09. The van der Waals surface area contributed by atoms with E-state index in [1.807, 2.05) is 0 Å². The van der Waals surface area contributed by atoms with Gasteiger partial charge in [-0.05, 0) is 24.6 Å². The Morgan fingerprint density at radius 3 is 2.40 bits per heavy atom. The summed E-state index contributed by atoms with van der Waals surface area (Å²) in [4.78, 5) is 13.5. The van der Waals surface area contributed by atoms with Gasteiger partial charge in [-0.15, -0.1) is 0 Å². The summed E-state index contributed by atoms with van der Waals surface area (Å²) >= 11 is 0. The molecule has 2 aliphatic heterocycles. The molecular formula is C18H26N2O5. The Balaban J connectivity index is 1.75. The molecule has 2 aliphatic rings. The average Bonchev–Trinajstić information content (AvgIpc) is 3.46. The minimum absolute atomic E-state index is 0.0815. The predicted molar refractivity (Wildman–Crippen MR) is 93.0 cm³/mol. The maximum Gasteiger partial charge on any atom is 0.246 e. The first-order valence-electron chi connectivity index (χ1n) is 8.22. The van der Waals surface area contributed by atoms with Crippen molar-refractivity contribution in [2.45, 2.75) is 25.6 Å². The van der Waals surface area contributed by atoms with Gasteiger partial charge in [0.05, 0.1) is 31.6 Å². The van der Waals surface area contributed by atoms with Gasteiger partial charge in [0.2, 0.25) is 5.91 Å². The summed E-state index contributed by atoms with van der Waals surface area (Å²) in [5.41, 5.74) is 1.21. The SMILES string of the molecule is C=C(/C=C\C(=O)N(C)CC1CO1)C/C(O)=C/C=C(\C)N(O)CC1CO1. The van der Waals surface area contributed by atoms with E-state index in [4.69, 9.17) is 9.47 Å². The number of ether oxygens (including phenoxy) is 2. The van der Waals surface area contributed by atoms with Gasteiger partial charge in [-0.1, -0.05) is 12.7 Å². The van der Waals surface area contributed by atoms with Crippen molar-refractivity contribution >= 4 is 5.91 Å². The van der Waals surface area contributed by atoms with Gasteiger partial charge < -0.3 is 19.5 Å². The number of amides is 1. The zero-order valence-corrected chi connectivity index (χ0v) is 14.7. The average molecular weight is 350 g/mol. The number of likely N-dealkylation sites (N-methyl/N-ethyl adjacent to an activating group) is 1. The van der Waals surface area contributed by atoms with E-state index < -0.39 is 0 Å². The Morgan fingerprint density at radius 1 is 1.20 bits per heavy atom. The predicted octanol–water partition coefficient (Wildman–Crippen LogP) is 1.78. The number of rotatable bonds is 10. The fourth-order valence-electron chi connectivity index (χ4n) is 2.05. The van der Waals surface area contributed by atoms with Gasteiger partial charge in [-0.25, -0.2) is 0 Å². The largest absolute Gasteiger partial charge is 0.512 e. The standard InChI is InChI=1S/C18H26N2O5/c1-13(4-7-18(22)19(3)9-16-11-24-16)8-15(21)6-5-14(2)20(23)10-17-12-25-17/h4-7,16-17,21,23H,1,8-12H2,2-3H3/b7-4-,14-5+,15-6-. The molecule has 0 aromatic carbocycles. The highest BCUT2D eigenvalue weighted by atomic mass is 16.6. The number of carbonyl (C=O) groups is 1. The molecule has 2 heterocycles. The summed E-state index contributed by atoms with van der Waals surface area (Å²) in [5, 5.41) is 20.8. The number of hydrogen-bond donors (Lipinski definition) is 2. The molecule has 7 heteroatoms. The van der Waals surface area contributed by atoms with Crippen LogP contribution in [-0.2, 0) is 14.3 Å². The highest BCUT2D eigenvalue weighted by Gasteiger charge is 2.25. The molecule has 0 aromatic rings. The molecule has 1 amide bonds. The van der Waals surface area contributed by atoms with Crippen LogP contribution in [0.1, 0.15) is 13.3 Å². The van der Waals surface area contributed by atoms with Crippen LogP contribution in [0.2, 0.25) is 0 Å². The van der Waals surface area contributed by atoms with E-state index in [9.17, 15) is 15.1 Å². The first-order chi connectivity index (χ1) is 11.8. The summed E-state index contributed by atoms with van der Waals surface area (Å²) in [6.45, 7) is 7.93. The lowest BCUT2D eigenvalue weighted by Crippen LogP contribution is -2.28. The minimum atomic E-state index is -0.130. The van der Waals surface area contributed by atoms with Crippen LogP contribution in [0.15, 0.2) is 47.9 Å². The molecule has 0 radical (unpaired) electrons. The Bertz CT molecular complexity index is 588. The fraction of sp³-hybridized carbons (Fsp3) is 0.500. The molecular weight excluding hydrogens is 324 g/mol. The first-order valence-corrected chi connectivity index (χ1v) is 8.22. The molecule has 0 spiro atoms. The molecule has 7 nitrogen and oxygen atoms in total. The number of allylic oxidation sites excluding steroid dienone is 5. The van der Waals surface area contributed by atoms with E-state index in [-0.39, 0.29) is 30.3 Å². The number of nitrogens with zero attached hydrogens (tertiary/aromatic N) is 2. The number of aliphatic hydroxyl groups excluding tert-OH is 1. The van der Waals surface area contributed by atoms with E-state index in [1.165, 1.54) is 12.2 Å². The van der Waals surface area contributed by atoms with E-state index >= 15 is 0 Å². The van der Waals surface area contributed by atoms with E-state index in [2.05, 4.69) is 6.58 Å². The summed E-state index contributed by atoms with van der Waals surface area (Å²) in [6.07, 6.45) is 6.61. The number of aliphatic hydroxyl groups is 1.